The number of hydrogen-bond donors (Lipinski definition) is 1. The standard InChI is InChI=1S/C13H18O2S/c1-10-6-8-11(9-7-10)16(15)13-5-3-2-4-12(13)14/h6-9,12-14H,2-5H2,1H3/t12-,13-,16?/m1/s1. The molecule has 0 spiro atoms. The zero-order chi connectivity index (χ0) is 11.5. The number of benzene rings is 1. The molecule has 0 aromatic heterocycles. The molecule has 0 heterocycles. The second-order valence-corrected chi connectivity index (χ2v) is 6.17. The van der Waals surface area contributed by atoms with Gasteiger partial charge < -0.3 is 5.11 Å². The molecule has 88 valence electrons. The summed E-state index contributed by atoms with van der Waals surface area (Å²) < 4.78 is 12.3. The molecule has 0 aliphatic heterocycles. The van der Waals surface area contributed by atoms with Crippen LogP contribution in [0.2, 0.25) is 0 Å². The average molecular weight is 238 g/mol. The Hall–Kier alpha value is -0.670. The van der Waals surface area contributed by atoms with E-state index in [2.05, 4.69) is 0 Å². The third kappa shape index (κ3) is 2.53. The van der Waals surface area contributed by atoms with Gasteiger partial charge in [0.05, 0.1) is 22.2 Å². The minimum Gasteiger partial charge on any atom is -0.392 e. The predicted octanol–water partition coefficient (Wildman–Crippen LogP) is 2.41. The molecule has 3 atom stereocenters. The smallest absolute Gasteiger partial charge is 0.0687 e. The van der Waals surface area contributed by atoms with Crippen LogP contribution in [-0.2, 0) is 10.8 Å². The molecule has 1 saturated carbocycles. The lowest BCUT2D eigenvalue weighted by Gasteiger charge is -2.26. The maximum absolute atomic E-state index is 12.3. The van der Waals surface area contributed by atoms with Crippen molar-refractivity contribution in [1.82, 2.24) is 0 Å². The van der Waals surface area contributed by atoms with Crippen LogP contribution >= 0.6 is 0 Å². The quantitative estimate of drug-likeness (QED) is 0.859. The van der Waals surface area contributed by atoms with Gasteiger partial charge in [-0.25, -0.2) is 0 Å². The third-order valence-corrected chi connectivity index (χ3v) is 5.03. The normalized spacial score (nSPS) is 27.6. The summed E-state index contributed by atoms with van der Waals surface area (Å²) >= 11 is 0. The van der Waals surface area contributed by atoms with Gasteiger partial charge in [-0.3, -0.25) is 4.21 Å². The molecule has 0 radical (unpaired) electrons. The zero-order valence-corrected chi connectivity index (χ0v) is 10.4. The van der Waals surface area contributed by atoms with Crippen LogP contribution in [0.3, 0.4) is 0 Å². The highest BCUT2D eigenvalue weighted by Gasteiger charge is 2.28. The van der Waals surface area contributed by atoms with E-state index in [1.54, 1.807) is 0 Å². The maximum atomic E-state index is 12.3. The van der Waals surface area contributed by atoms with E-state index >= 15 is 0 Å². The van der Waals surface area contributed by atoms with Crippen LogP contribution in [0.1, 0.15) is 31.2 Å². The van der Waals surface area contributed by atoms with Gasteiger partial charge in [0.1, 0.15) is 0 Å². The molecular weight excluding hydrogens is 220 g/mol. The van der Waals surface area contributed by atoms with E-state index in [-0.39, 0.29) is 5.25 Å². The Morgan fingerprint density at radius 3 is 2.44 bits per heavy atom. The Bertz CT molecular complexity index is 372. The lowest BCUT2D eigenvalue weighted by molar-refractivity contribution is 0.135. The molecule has 0 bridgehead atoms. The number of aliphatic hydroxyl groups excluding tert-OH is 1. The summed E-state index contributed by atoms with van der Waals surface area (Å²) in [5.41, 5.74) is 1.17. The van der Waals surface area contributed by atoms with Crippen molar-refractivity contribution in [3.05, 3.63) is 29.8 Å². The molecule has 1 aromatic carbocycles. The van der Waals surface area contributed by atoms with Crippen molar-refractivity contribution < 1.29 is 9.32 Å². The van der Waals surface area contributed by atoms with Crippen LogP contribution in [0.4, 0.5) is 0 Å². The summed E-state index contributed by atoms with van der Waals surface area (Å²) in [6.45, 7) is 2.02. The summed E-state index contributed by atoms with van der Waals surface area (Å²) in [5.74, 6) is 0. The minimum atomic E-state index is -1.06. The van der Waals surface area contributed by atoms with Crippen LogP contribution < -0.4 is 0 Å². The van der Waals surface area contributed by atoms with Gasteiger partial charge in [-0.05, 0) is 31.9 Å². The van der Waals surface area contributed by atoms with E-state index in [4.69, 9.17) is 0 Å². The topological polar surface area (TPSA) is 37.3 Å². The van der Waals surface area contributed by atoms with Gasteiger partial charge in [0.2, 0.25) is 0 Å². The van der Waals surface area contributed by atoms with Crippen LogP contribution in [0, 0.1) is 6.92 Å². The predicted molar refractivity (Wildman–Crippen MR) is 65.9 cm³/mol. The molecule has 2 rings (SSSR count). The van der Waals surface area contributed by atoms with Gasteiger partial charge in [0, 0.05) is 4.90 Å². The first kappa shape index (κ1) is 11.8. The van der Waals surface area contributed by atoms with Gasteiger partial charge in [-0.15, -0.1) is 0 Å². The fraction of sp³-hybridized carbons (Fsp3) is 0.538. The molecule has 1 aromatic rings. The van der Waals surface area contributed by atoms with Gasteiger partial charge in [0.15, 0.2) is 0 Å². The third-order valence-electron chi connectivity index (χ3n) is 3.20. The van der Waals surface area contributed by atoms with Crippen LogP contribution in [-0.4, -0.2) is 20.7 Å². The van der Waals surface area contributed by atoms with Gasteiger partial charge in [-0.1, -0.05) is 30.5 Å². The summed E-state index contributed by atoms with van der Waals surface area (Å²) in [6.07, 6.45) is 3.42. The van der Waals surface area contributed by atoms with Crippen molar-refractivity contribution >= 4 is 10.8 Å². The van der Waals surface area contributed by atoms with Crippen molar-refractivity contribution in [2.75, 3.05) is 0 Å². The van der Waals surface area contributed by atoms with E-state index < -0.39 is 16.9 Å². The molecule has 1 aliphatic carbocycles. The number of hydrogen-bond acceptors (Lipinski definition) is 2. The summed E-state index contributed by atoms with van der Waals surface area (Å²) in [6, 6.07) is 7.77. The zero-order valence-electron chi connectivity index (χ0n) is 9.56. The fourth-order valence-electron chi connectivity index (χ4n) is 2.17. The molecule has 1 fully saturated rings. The van der Waals surface area contributed by atoms with E-state index in [1.807, 2.05) is 31.2 Å². The van der Waals surface area contributed by atoms with Crippen molar-refractivity contribution in [3.8, 4) is 0 Å². The molecule has 0 saturated heterocycles. The molecule has 16 heavy (non-hydrogen) atoms. The lowest BCUT2D eigenvalue weighted by atomic mass is 9.97. The van der Waals surface area contributed by atoms with Crippen molar-refractivity contribution in [1.29, 1.82) is 0 Å². The first-order valence-electron chi connectivity index (χ1n) is 5.84. The van der Waals surface area contributed by atoms with Crippen molar-refractivity contribution in [2.45, 2.75) is 48.9 Å². The van der Waals surface area contributed by atoms with Gasteiger partial charge >= 0.3 is 0 Å². The average Bonchev–Trinajstić information content (AvgIpc) is 2.30. The van der Waals surface area contributed by atoms with E-state index in [0.29, 0.717) is 0 Å². The number of rotatable bonds is 2. The monoisotopic (exact) mass is 238 g/mol. The second kappa shape index (κ2) is 5.11. The molecule has 1 aliphatic rings. The lowest BCUT2D eigenvalue weighted by Crippen LogP contribution is -2.33. The molecular formula is C13H18O2S. The minimum absolute atomic E-state index is 0.0727. The number of aliphatic hydroxyl groups is 1. The SMILES string of the molecule is Cc1ccc(S(=O)[C@@H]2CCCC[C@H]2O)cc1. The molecule has 3 heteroatoms. The van der Waals surface area contributed by atoms with Crippen LogP contribution in [0.25, 0.3) is 0 Å². The first-order valence-corrected chi connectivity index (χ1v) is 7.05. The molecule has 1 N–H and O–H groups in total. The van der Waals surface area contributed by atoms with Crippen LogP contribution in [0.15, 0.2) is 29.2 Å². The van der Waals surface area contributed by atoms with E-state index in [0.717, 1.165) is 30.6 Å². The molecule has 1 unspecified atom stereocenters. The first-order chi connectivity index (χ1) is 7.68. The summed E-state index contributed by atoms with van der Waals surface area (Å²) in [7, 11) is -1.06. The highest BCUT2D eigenvalue weighted by atomic mass is 32.2. The van der Waals surface area contributed by atoms with E-state index in [9.17, 15) is 9.32 Å². The molecule has 0 amide bonds. The Balaban J connectivity index is 2.14. The van der Waals surface area contributed by atoms with E-state index in [1.165, 1.54) is 5.56 Å². The maximum Gasteiger partial charge on any atom is 0.0687 e. The van der Waals surface area contributed by atoms with Gasteiger partial charge in [0.25, 0.3) is 0 Å². The summed E-state index contributed by atoms with van der Waals surface area (Å²) in [5, 5.41) is 9.79. The fourth-order valence-corrected chi connectivity index (χ4v) is 3.73. The molecule has 2 nitrogen and oxygen atoms in total. The van der Waals surface area contributed by atoms with Crippen LogP contribution in [0.5, 0.6) is 0 Å². The number of aryl methyl sites for hydroxylation is 1. The van der Waals surface area contributed by atoms with Crippen molar-refractivity contribution in [3.63, 3.8) is 0 Å². The highest BCUT2D eigenvalue weighted by molar-refractivity contribution is 7.85. The Morgan fingerprint density at radius 2 is 1.81 bits per heavy atom. The summed E-state index contributed by atoms with van der Waals surface area (Å²) in [4.78, 5) is 0.844. The second-order valence-electron chi connectivity index (χ2n) is 4.50. The van der Waals surface area contributed by atoms with Gasteiger partial charge in [-0.2, -0.15) is 0 Å². The Kier molecular flexibility index (Phi) is 3.77. The Morgan fingerprint density at radius 1 is 1.19 bits per heavy atom. The largest absolute Gasteiger partial charge is 0.392 e. The van der Waals surface area contributed by atoms with Crippen molar-refractivity contribution in [2.24, 2.45) is 0 Å². The highest BCUT2D eigenvalue weighted by Crippen LogP contribution is 2.26. The Labute approximate surface area is 99.1 Å².